The lowest BCUT2D eigenvalue weighted by Gasteiger charge is -2.02. The molecule has 0 aliphatic heterocycles. The molecule has 0 saturated heterocycles. The number of aliphatic imine (C=N–C) groups is 2. The molecule has 0 radical (unpaired) electrons. The van der Waals surface area contributed by atoms with Crippen molar-refractivity contribution in [1.82, 2.24) is 0 Å². The first kappa shape index (κ1) is 9.86. The maximum atomic E-state index is 10.0. The van der Waals surface area contributed by atoms with Gasteiger partial charge in [0.05, 0.1) is 11.4 Å². The highest BCUT2D eigenvalue weighted by Crippen LogP contribution is 2.32. The Morgan fingerprint density at radius 3 is 1.93 bits per heavy atom. The average Bonchev–Trinajstić information content (AvgIpc) is 2.14. The van der Waals surface area contributed by atoms with Crippen LogP contribution in [-0.4, -0.2) is 17.3 Å². The van der Waals surface area contributed by atoms with Crippen LogP contribution in [0.3, 0.4) is 0 Å². The number of aromatic hydroxyl groups is 1. The van der Waals surface area contributed by atoms with E-state index in [1.807, 2.05) is 0 Å². The van der Waals surface area contributed by atoms with Gasteiger partial charge in [0, 0.05) is 17.7 Å². The minimum Gasteiger partial charge on any atom is -0.508 e. The van der Waals surface area contributed by atoms with Gasteiger partial charge in [0.25, 0.3) is 0 Å². The van der Waals surface area contributed by atoms with Crippen molar-refractivity contribution in [2.75, 3.05) is 0 Å². The molecule has 0 heterocycles. The Labute approximate surface area is 79.4 Å². The Morgan fingerprint density at radius 2 is 1.57 bits per heavy atom. The summed E-state index contributed by atoms with van der Waals surface area (Å²) in [7, 11) is 0. The van der Waals surface area contributed by atoms with Crippen LogP contribution in [-0.2, 0) is 9.59 Å². The SMILES string of the molecule is Cc1c(N=C=O)cc(O)cc1N=C=O. The van der Waals surface area contributed by atoms with Crippen LogP contribution in [0.5, 0.6) is 5.75 Å². The summed E-state index contributed by atoms with van der Waals surface area (Å²) in [6, 6.07) is 2.56. The predicted octanol–water partition coefficient (Wildman–Crippen LogP) is 1.64. The van der Waals surface area contributed by atoms with Gasteiger partial charge < -0.3 is 5.11 Å². The number of hydrogen-bond acceptors (Lipinski definition) is 5. The molecule has 1 rings (SSSR count). The van der Waals surface area contributed by atoms with E-state index in [1.165, 1.54) is 24.3 Å². The summed E-state index contributed by atoms with van der Waals surface area (Å²) in [6.07, 6.45) is 2.69. The molecule has 0 spiro atoms. The van der Waals surface area contributed by atoms with Crippen LogP contribution in [0.25, 0.3) is 0 Å². The Kier molecular flexibility index (Phi) is 2.92. The van der Waals surface area contributed by atoms with Crippen molar-refractivity contribution in [2.45, 2.75) is 6.92 Å². The third-order valence-corrected chi connectivity index (χ3v) is 1.67. The summed E-state index contributed by atoms with van der Waals surface area (Å²) in [5.41, 5.74) is 0.970. The zero-order chi connectivity index (χ0) is 10.6. The van der Waals surface area contributed by atoms with Crippen LogP contribution in [0, 0.1) is 6.92 Å². The van der Waals surface area contributed by atoms with E-state index in [9.17, 15) is 14.7 Å². The molecular formula is C9H6N2O3. The molecule has 0 unspecified atom stereocenters. The minimum atomic E-state index is -0.126. The summed E-state index contributed by atoms with van der Waals surface area (Å²) < 4.78 is 0. The van der Waals surface area contributed by atoms with Crippen LogP contribution in [0.4, 0.5) is 11.4 Å². The van der Waals surface area contributed by atoms with E-state index in [2.05, 4.69) is 9.98 Å². The summed E-state index contributed by atoms with van der Waals surface area (Å²) in [6.45, 7) is 1.62. The summed E-state index contributed by atoms with van der Waals surface area (Å²) >= 11 is 0. The number of phenolic OH excluding ortho intramolecular Hbond substituents is 1. The van der Waals surface area contributed by atoms with Gasteiger partial charge in [-0.1, -0.05) is 0 Å². The standard InChI is InChI=1S/C9H6N2O3/c1-6-8(10-4-12)2-7(14)3-9(6)11-5-13/h2-3,14H,1H3. The van der Waals surface area contributed by atoms with Crippen molar-refractivity contribution >= 4 is 23.5 Å². The normalized spacial score (nSPS) is 8.64. The van der Waals surface area contributed by atoms with Gasteiger partial charge in [-0.3, -0.25) is 0 Å². The molecule has 1 aromatic carbocycles. The largest absolute Gasteiger partial charge is 0.508 e. The van der Waals surface area contributed by atoms with E-state index in [4.69, 9.17) is 0 Å². The van der Waals surface area contributed by atoms with Crippen molar-refractivity contribution in [3.8, 4) is 5.75 Å². The fraction of sp³-hybridized carbons (Fsp3) is 0.111. The van der Waals surface area contributed by atoms with Crippen molar-refractivity contribution in [3.63, 3.8) is 0 Å². The molecule has 70 valence electrons. The zero-order valence-electron chi connectivity index (χ0n) is 7.31. The first-order valence-electron chi connectivity index (χ1n) is 3.68. The number of carbonyl (C=O) groups excluding carboxylic acids is 2. The van der Waals surface area contributed by atoms with Crippen molar-refractivity contribution in [1.29, 1.82) is 0 Å². The number of nitrogens with zero attached hydrogens (tertiary/aromatic N) is 2. The molecule has 1 N–H and O–H groups in total. The number of benzene rings is 1. The lowest BCUT2D eigenvalue weighted by molar-refractivity contribution is 0.475. The summed E-state index contributed by atoms with van der Waals surface area (Å²) in [5.74, 6) is -0.126. The first-order valence-corrected chi connectivity index (χ1v) is 3.68. The molecule has 0 aliphatic rings. The van der Waals surface area contributed by atoms with Crippen LogP contribution in [0.2, 0.25) is 0 Å². The highest BCUT2D eigenvalue weighted by molar-refractivity contribution is 5.67. The Bertz CT molecular complexity index is 416. The van der Waals surface area contributed by atoms with Gasteiger partial charge >= 0.3 is 0 Å². The van der Waals surface area contributed by atoms with Crippen LogP contribution in [0.15, 0.2) is 22.1 Å². The zero-order valence-corrected chi connectivity index (χ0v) is 7.31. The fourth-order valence-corrected chi connectivity index (χ4v) is 1.00. The number of phenols is 1. The Hall–Kier alpha value is -2.22. The smallest absolute Gasteiger partial charge is 0.240 e. The number of isocyanates is 2. The Balaban J connectivity index is 3.45. The second-order valence-corrected chi connectivity index (χ2v) is 2.52. The van der Waals surface area contributed by atoms with E-state index in [0.717, 1.165) is 0 Å². The third-order valence-electron chi connectivity index (χ3n) is 1.67. The van der Waals surface area contributed by atoms with Gasteiger partial charge in [-0.15, -0.1) is 0 Å². The van der Waals surface area contributed by atoms with E-state index in [1.54, 1.807) is 6.92 Å². The lowest BCUT2D eigenvalue weighted by atomic mass is 10.1. The topological polar surface area (TPSA) is 79.1 Å². The van der Waals surface area contributed by atoms with E-state index in [-0.39, 0.29) is 17.1 Å². The second kappa shape index (κ2) is 4.14. The number of rotatable bonds is 2. The maximum absolute atomic E-state index is 10.0. The fourth-order valence-electron chi connectivity index (χ4n) is 1.00. The van der Waals surface area contributed by atoms with Crippen LogP contribution >= 0.6 is 0 Å². The van der Waals surface area contributed by atoms with Gasteiger partial charge in [-0.2, -0.15) is 9.98 Å². The number of hydrogen-bond donors (Lipinski definition) is 1. The molecule has 0 aromatic heterocycles. The quantitative estimate of drug-likeness (QED) is 0.568. The molecule has 0 fully saturated rings. The van der Waals surface area contributed by atoms with Crippen molar-refractivity contribution in [3.05, 3.63) is 17.7 Å². The third kappa shape index (κ3) is 1.93. The van der Waals surface area contributed by atoms with E-state index in [0.29, 0.717) is 5.56 Å². The average molecular weight is 190 g/mol. The molecule has 0 aliphatic carbocycles. The molecule has 0 saturated carbocycles. The molecule has 14 heavy (non-hydrogen) atoms. The highest BCUT2D eigenvalue weighted by Gasteiger charge is 2.05. The minimum absolute atomic E-state index is 0.126. The van der Waals surface area contributed by atoms with Gasteiger partial charge in [-0.05, 0) is 6.92 Å². The predicted molar refractivity (Wildman–Crippen MR) is 48.4 cm³/mol. The molecule has 5 heteroatoms. The maximum Gasteiger partial charge on any atom is 0.240 e. The van der Waals surface area contributed by atoms with Gasteiger partial charge in [0.1, 0.15) is 5.75 Å². The monoisotopic (exact) mass is 190 g/mol. The Morgan fingerprint density at radius 1 is 1.14 bits per heavy atom. The van der Waals surface area contributed by atoms with Gasteiger partial charge in [-0.25, -0.2) is 9.59 Å². The molecular weight excluding hydrogens is 184 g/mol. The van der Waals surface area contributed by atoms with E-state index < -0.39 is 0 Å². The molecule has 1 aromatic rings. The molecule has 0 amide bonds. The van der Waals surface area contributed by atoms with Gasteiger partial charge in [0.15, 0.2) is 0 Å². The molecule has 0 atom stereocenters. The summed E-state index contributed by atoms with van der Waals surface area (Å²) in [5, 5.41) is 9.19. The summed E-state index contributed by atoms with van der Waals surface area (Å²) in [4.78, 5) is 26.8. The van der Waals surface area contributed by atoms with Crippen molar-refractivity contribution < 1.29 is 14.7 Å². The van der Waals surface area contributed by atoms with Crippen molar-refractivity contribution in [2.24, 2.45) is 9.98 Å². The first-order chi connectivity index (χ1) is 6.69. The van der Waals surface area contributed by atoms with E-state index >= 15 is 0 Å². The second-order valence-electron chi connectivity index (χ2n) is 2.52. The van der Waals surface area contributed by atoms with Gasteiger partial charge in [0.2, 0.25) is 12.2 Å². The molecule has 0 bridgehead atoms. The molecule has 5 nitrogen and oxygen atoms in total. The van der Waals surface area contributed by atoms with Crippen LogP contribution in [0.1, 0.15) is 5.56 Å². The lowest BCUT2D eigenvalue weighted by Crippen LogP contribution is -1.77. The highest BCUT2D eigenvalue weighted by atomic mass is 16.3. The van der Waals surface area contributed by atoms with Crippen LogP contribution < -0.4 is 0 Å².